The summed E-state index contributed by atoms with van der Waals surface area (Å²) in [4.78, 5) is 23.8. The van der Waals surface area contributed by atoms with Crippen molar-refractivity contribution in [3.63, 3.8) is 0 Å². The third-order valence-electron chi connectivity index (χ3n) is 2.00. The van der Waals surface area contributed by atoms with Gasteiger partial charge >= 0.3 is 1.43 Å². The van der Waals surface area contributed by atoms with E-state index in [9.17, 15) is 9.59 Å². The number of imide groups is 1. The van der Waals surface area contributed by atoms with Gasteiger partial charge in [-0.25, -0.2) is 0 Å². The Morgan fingerprint density at radius 3 is 1.92 bits per heavy atom. The second-order valence-corrected chi connectivity index (χ2v) is 2.71. The average Bonchev–Trinajstić information content (AvgIpc) is 2.33. The molecular weight excluding hydrogens is 154 g/mol. The maximum absolute atomic E-state index is 11.3. The molecule has 0 unspecified atom stereocenters. The van der Waals surface area contributed by atoms with Crippen molar-refractivity contribution in [3.8, 4) is 0 Å². The smallest absolute Gasteiger partial charge is 0.277 e. The van der Waals surface area contributed by atoms with Crippen molar-refractivity contribution in [3.05, 3.63) is 35.4 Å². The number of hydrogen-bond donors (Lipinski definition) is 0. The van der Waals surface area contributed by atoms with Gasteiger partial charge in [0, 0.05) is 7.05 Å². The van der Waals surface area contributed by atoms with E-state index in [1.54, 1.807) is 24.3 Å². The molecule has 0 bridgehead atoms. The Morgan fingerprint density at radius 1 is 1.08 bits per heavy atom. The summed E-state index contributed by atoms with van der Waals surface area (Å²) in [6.45, 7) is 0. The molecule has 0 saturated carbocycles. The topological polar surface area (TPSA) is 37.4 Å². The Bertz CT molecular complexity index is 341. The largest absolute Gasteiger partial charge is 1.00 e. The molecule has 0 radical (unpaired) electrons. The molecular formula is C9H8NO2+. The minimum absolute atomic E-state index is 0. The van der Waals surface area contributed by atoms with Crippen LogP contribution in [0.25, 0.3) is 0 Å². The van der Waals surface area contributed by atoms with E-state index in [2.05, 4.69) is 0 Å². The van der Waals surface area contributed by atoms with E-state index in [1.807, 2.05) is 0 Å². The minimum atomic E-state index is -0.212. The van der Waals surface area contributed by atoms with Gasteiger partial charge in [0.2, 0.25) is 0 Å². The maximum Gasteiger partial charge on any atom is 1.00 e. The molecule has 12 heavy (non-hydrogen) atoms. The molecule has 0 N–H and O–H groups in total. The predicted octanol–water partition coefficient (Wildman–Crippen LogP) is 1.02. The number of carbonyl (C=O) groups is 2. The summed E-state index contributed by atoms with van der Waals surface area (Å²) in [5, 5.41) is 0. The van der Waals surface area contributed by atoms with Gasteiger partial charge in [-0.2, -0.15) is 0 Å². The Kier molecular flexibility index (Phi) is 1.27. The van der Waals surface area contributed by atoms with Crippen LogP contribution in [0.2, 0.25) is 0 Å². The average molecular weight is 162 g/mol. The summed E-state index contributed by atoms with van der Waals surface area (Å²) in [7, 11) is 1.49. The number of carbonyl (C=O) groups excluding carboxylic acids is 2. The molecule has 0 aromatic heterocycles. The lowest BCUT2D eigenvalue weighted by molar-refractivity contribution is 0.0693. The number of fused-ring (bicyclic) bond motifs is 1. The molecule has 1 aromatic carbocycles. The molecule has 60 valence electrons. The lowest BCUT2D eigenvalue weighted by atomic mass is 10.1. The highest BCUT2D eigenvalue weighted by atomic mass is 16.2. The van der Waals surface area contributed by atoms with E-state index in [1.165, 1.54) is 7.05 Å². The van der Waals surface area contributed by atoms with Crippen molar-refractivity contribution >= 4 is 11.8 Å². The summed E-state index contributed by atoms with van der Waals surface area (Å²) in [6, 6.07) is 6.84. The first-order valence-electron chi connectivity index (χ1n) is 3.63. The molecule has 1 aliphatic rings. The van der Waals surface area contributed by atoms with E-state index in [0.29, 0.717) is 11.1 Å². The SMILES string of the molecule is CN1C(=O)c2ccccc2C1=O.[H+]. The molecule has 1 aromatic rings. The number of benzene rings is 1. The maximum atomic E-state index is 11.3. The van der Waals surface area contributed by atoms with Crippen molar-refractivity contribution in [2.75, 3.05) is 7.05 Å². The van der Waals surface area contributed by atoms with Crippen molar-refractivity contribution in [1.82, 2.24) is 4.90 Å². The molecule has 1 heterocycles. The fraction of sp³-hybridized carbons (Fsp3) is 0.111. The van der Waals surface area contributed by atoms with Gasteiger partial charge in [-0.1, -0.05) is 12.1 Å². The summed E-state index contributed by atoms with van der Waals surface area (Å²) in [5.74, 6) is -0.425. The number of hydrogen-bond acceptors (Lipinski definition) is 2. The van der Waals surface area contributed by atoms with Gasteiger partial charge in [0.1, 0.15) is 0 Å². The predicted molar refractivity (Wildman–Crippen MR) is 44.0 cm³/mol. The van der Waals surface area contributed by atoms with Crippen LogP contribution in [0.5, 0.6) is 0 Å². The van der Waals surface area contributed by atoms with E-state index in [0.717, 1.165) is 4.90 Å². The molecule has 0 atom stereocenters. The van der Waals surface area contributed by atoms with Crippen LogP contribution >= 0.6 is 0 Å². The quantitative estimate of drug-likeness (QED) is 0.534. The van der Waals surface area contributed by atoms with Crippen LogP contribution in [0.4, 0.5) is 0 Å². The Labute approximate surface area is 71.1 Å². The first-order chi connectivity index (χ1) is 5.72. The summed E-state index contributed by atoms with van der Waals surface area (Å²) >= 11 is 0. The molecule has 1 aliphatic heterocycles. The monoisotopic (exact) mass is 162 g/mol. The molecule has 2 amide bonds. The zero-order valence-electron chi connectivity index (χ0n) is 7.57. The van der Waals surface area contributed by atoms with Crippen LogP contribution in [0.3, 0.4) is 0 Å². The van der Waals surface area contributed by atoms with Crippen LogP contribution in [-0.4, -0.2) is 23.8 Å². The second-order valence-electron chi connectivity index (χ2n) is 2.71. The van der Waals surface area contributed by atoms with Crippen LogP contribution < -0.4 is 0 Å². The van der Waals surface area contributed by atoms with Gasteiger partial charge in [-0.3, -0.25) is 14.5 Å². The van der Waals surface area contributed by atoms with Crippen molar-refractivity contribution in [2.24, 2.45) is 0 Å². The van der Waals surface area contributed by atoms with Crippen molar-refractivity contribution in [1.29, 1.82) is 0 Å². The fourth-order valence-electron chi connectivity index (χ4n) is 1.31. The fourth-order valence-corrected chi connectivity index (χ4v) is 1.31. The molecule has 3 heteroatoms. The van der Waals surface area contributed by atoms with Gasteiger partial charge < -0.3 is 0 Å². The lowest BCUT2D eigenvalue weighted by Crippen LogP contribution is -2.24. The standard InChI is InChI=1S/C9H7NO2/c1-10-8(11)6-4-2-3-5-7(6)9(10)12/h2-5H,1H3/p+1. The first kappa shape index (κ1) is 7.03. The second kappa shape index (κ2) is 2.17. The van der Waals surface area contributed by atoms with Crippen molar-refractivity contribution in [2.45, 2.75) is 0 Å². The summed E-state index contributed by atoms with van der Waals surface area (Å²) in [6.07, 6.45) is 0. The highest BCUT2D eigenvalue weighted by molar-refractivity contribution is 6.21. The van der Waals surface area contributed by atoms with Crippen molar-refractivity contribution < 1.29 is 11.0 Å². The zero-order valence-corrected chi connectivity index (χ0v) is 6.57. The van der Waals surface area contributed by atoms with Gasteiger partial charge in [-0.15, -0.1) is 0 Å². The third kappa shape index (κ3) is 0.704. The molecule has 2 rings (SSSR count). The number of amides is 2. The molecule has 0 spiro atoms. The van der Waals surface area contributed by atoms with Crippen LogP contribution in [0, 0.1) is 0 Å². The lowest BCUT2D eigenvalue weighted by Gasteiger charge is -2.02. The van der Waals surface area contributed by atoms with Gasteiger partial charge in [0.25, 0.3) is 11.8 Å². The van der Waals surface area contributed by atoms with Gasteiger partial charge in [-0.05, 0) is 12.1 Å². The van der Waals surface area contributed by atoms with E-state index in [4.69, 9.17) is 0 Å². The minimum Gasteiger partial charge on any atom is -0.277 e. The first-order valence-corrected chi connectivity index (χ1v) is 3.63. The highest BCUT2D eigenvalue weighted by Gasteiger charge is 2.31. The Hall–Kier alpha value is -1.64. The molecule has 0 saturated heterocycles. The Morgan fingerprint density at radius 2 is 1.50 bits per heavy atom. The van der Waals surface area contributed by atoms with E-state index < -0.39 is 0 Å². The van der Waals surface area contributed by atoms with Crippen LogP contribution in [-0.2, 0) is 0 Å². The highest BCUT2D eigenvalue weighted by Crippen LogP contribution is 2.20. The van der Waals surface area contributed by atoms with Gasteiger partial charge in [0.15, 0.2) is 0 Å². The normalized spacial score (nSPS) is 15.2. The zero-order chi connectivity index (χ0) is 8.72. The van der Waals surface area contributed by atoms with Crippen LogP contribution in [0.15, 0.2) is 24.3 Å². The summed E-state index contributed by atoms with van der Waals surface area (Å²) in [5.41, 5.74) is 1.01. The van der Waals surface area contributed by atoms with E-state index >= 15 is 0 Å². The van der Waals surface area contributed by atoms with E-state index in [-0.39, 0.29) is 13.2 Å². The third-order valence-corrected chi connectivity index (χ3v) is 2.00. The van der Waals surface area contributed by atoms with Crippen LogP contribution in [0.1, 0.15) is 22.1 Å². The number of rotatable bonds is 0. The molecule has 0 fully saturated rings. The molecule has 0 aliphatic carbocycles. The van der Waals surface area contributed by atoms with Gasteiger partial charge in [0.05, 0.1) is 11.1 Å². The summed E-state index contributed by atoms with van der Waals surface area (Å²) < 4.78 is 0. The number of nitrogens with zero attached hydrogens (tertiary/aromatic N) is 1. The molecule has 3 nitrogen and oxygen atoms in total. The Balaban J connectivity index is 0.000000845.